The van der Waals surface area contributed by atoms with Crippen LogP contribution in [0.2, 0.25) is 0 Å². The van der Waals surface area contributed by atoms with E-state index in [2.05, 4.69) is 0 Å². The van der Waals surface area contributed by atoms with Crippen molar-refractivity contribution in [2.24, 2.45) is 5.73 Å². The van der Waals surface area contributed by atoms with Gasteiger partial charge in [0.2, 0.25) is 0 Å². The molecule has 10 nitrogen and oxygen atoms in total. The van der Waals surface area contributed by atoms with E-state index in [0.717, 1.165) is 12.8 Å². The van der Waals surface area contributed by atoms with Gasteiger partial charge in [0.05, 0.1) is 0 Å². The van der Waals surface area contributed by atoms with E-state index in [9.17, 15) is 19.2 Å². The number of nitrogens with two attached hydrogens (primary N) is 1. The maximum atomic E-state index is 12.5. The molecular weight excluding hydrogens is 482 g/mol. The third kappa shape index (κ3) is 13.7. The van der Waals surface area contributed by atoms with Gasteiger partial charge in [-0.2, -0.15) is 0 Å². The van der Waals surface area contributed by atoms with E-state index in [4.69, 9.17) is 29.4 Å². The smallest absolute Gasteiger partial charge is 0.458 e. The fourth-order valence-electron chi connectivity index (χ4n) is 2.95. The first-order valence-corrected chi connectivity index (χ1v) is 12.7. The van der Waals surface area contributed by atoms with Gasteiger partial charge in [-0.3, -0.25) is 14.4 Å². The van der Waals surface area contributed by atoms with Crippen LogP contribution in [0.1, 0.15) is 85.6 Å². The Labute approximate surface area is 219 Å². The van der Waals surface area contributed by atoms with Crippen LogP contribution in [-0.4, -0.2) is 48.4 Å². The largest absolute Gasteiger partial charge is 0.508 e. The zero-order valence-electron chi connectivity index (χ0n) is 22.8. The Morgan fingerprint density at radius 3 is 2.03 bits per heavy atom. The average molecular weight is 524 g/mol. The highest BCUT2D eigenvalue weighted by Crippen LogP contribution is 2.30. The Morgan fingerprint density at radius 2 is 1.49 bits per heavy atom. The van der Waals surface area contributed by atoms with Gasteiger partial charge in [0.1, 0.15) is 24.4 Å². The summed E-state index contributed by atoms with van der Waals surface area (Å²) in [5.74, 6) is -1.37. The van der Waals surface area contributed by atoms with Gasteiger partial charge in [-0.15, -0.1) is 0 Å². The fourth-order valence-corrected chi connectivity index (χ4v) is 2.95. The third-order valence-electron chi connectivity index (χ3n) is 4.83. The van der Waals surface area contributed by atoms with Crippen LogP contribution in [0, 0.1) is 0 Å². The number of carbonyl (C=O) groups is 4. The molecule has 37 heavy (non-hydrogen) atoms. The SMILES string of the molecule is CCCCC(=O)Oc1ccc(C[C@H](N)C(=O)O[C@@H](C)COC(=O)OC(C)(C)C)cc1OC(=O)CCCC. The van der Waals surface area contributed by atoms with Crippen molar-refractivity contribution in [1.29, 1.82) is 0 Å². The van der Waals surface area contributed by atoms with Crippen LogP contribution in [0.4, 0.5) is 4.79 Å². The second-order valence-corrected chi connectivity index (χ2v) is 9.77. The normalized spacial score (nSPS) is 12.7. The van der Waals surface area contributed by atoms with Gasteiger partial charge in [-0.25, -0.2) is 4.79 Å². The van der Waals surface area contributed by atoms with Crippen molar-refractivity contribution in [3.63, 3.8) is 0 Å². The highest BCUT2D eigenvalue weighted by Gasteiger charge is 2.23. The molecule has 0 bridgehead atoms. The van der Waals surface area contributed by atoms with E-state index in [-0.39, 0.29) is 37.4 Å². The maximum absolute atomic E-state index is 12.5. The summed E-state index contributed by atoms with van der Waals surface area (Å²) in [6.45, 7) is 10.4. The van der Waals surface area contributed by atoms with Gasteiger partial charge < -0.3 is 29.4 Å². The Bertz CT molecular complexity index is 908. The summed E-state index contributed by atoms with van der Waals surface area (Å²) in [7, 11) is 0. The standard InChI is InChI=1S/C27H41NO9/c1-7-9-11-23(29)35-21-14-13-19(16-22(21)36-24(30)12-10-8-2)15-20(28)25(31)34-18(3)17-33-26(32)37-27(4,5)6/h13-14,16,18,20H,7-12,15,17,28H2,1-6H3/t18-,20-/m0/s1. The number of rotatable bonds is 14. The fraction of sp³-hybridized carbons (Fsp3) is 0.630. The summed E-state index contributed by atoms with van der Waals surface area (Å²) in [6.07, 6.45) is 1.94. The number of esters is 3. The molecule has 1 aromatic rings. The van der Waals surface area contributed by atoms with Crippen molar-refractivity contribution in [3.05, 3.63) is 23.8 Å². The van der Waals surface area contributed by atoms with Crippen LogP contribution >= 0.6 is 0 Å². The van der Waals surface area contributed by atoms with E-state index in [1.54, 1.807) is 33.8 Å². The molecule has 0 fully saturated rings. The van der Waals surface area contributed by atoms with E-state index in [1.807, 2.05) is 13.8 Å². The number of carbonyl (C=O) groups excluding carboxylic acids is 4. The highest BCUT2D eigenvalue weighted by atomic mass is 16.7. The summed E-state index contributed by atoms with van der Waals surface area (Å²) in [5, 5.41) is 0. The second-order valence-electron chi connectivity index (χ2n) is 9.77. The van der Waals surface area contributed by atoms with E-state index < -0.39 is 41.8 Å². The van der Waals surface area contributed by atoms with E-state index in [1.165, 1.54) is 12.1 Å². The van der Waals surface area contributed by atoms with Gasteiger partial charge in [0.15, 0.2) is 11.5 Å². The Morgan fingerprint density at radius 1 is 0.919 bits per heavy atom. The topological polar surface area (TPSA) is 140 Å². The molecule has 0 saturated carbocycles. The van der Waals surface area contributed by atoms with Crippen molar-refractivity contribution in [2.45, 2.75) is 104 Å². The number of benzene rings is 1. The van der Waals surface area contributed by atoms with E-state index in [0.29, 0.717) is 18.4 Å². The minimum Gasteiger partial charge on any atom is -0.458 e. The molecule has 208 valence electrons. The van der Waals surface area contributed by atoms with Gasteiger partial charge in [-0.1, -0.05) is 32.8 Å². The molecule has 2 N–H and O–H groups in total. The van der Waals surface area contributed by atoms with Gasteiger partial charge >= 0.3 is 24.1 Å². The molecule has 0 spiro atoms. The monoisotopic (exact) mass is 523 g/mol. The minimum absolute atomic E-state index is 0.0715. The van der Waals surface area contributed by atoms with Crippen molar-refractivity contribution in [3.8, 4) is 11.5 Å². The maximum Gasteiger partial charge on any atom is 0.508 e. The van der Waals surface area contributed by atoms with Crippen LogP contribution in [0.25, 0.3) is 0 Å². The summed E-state index contributed by atoms with van der Waals surface area (Å²) in [4.78, 5) is 48.5. The van der Waals surface area contributed by atoms with Crippen molar-refractivity contribution in [1.82, 2.24) is 0 Å². The first-order valence-electron chi connectivity index (χ1n) is 12.7. The molecule has 0 aromatic heterocycles. The lowest BCUT2D eigenvalue weighted by atomic mass is 10.1. The van der Waals surface area contributed by atoms with Gasteiger partial charge in [0, 0.05) is 12.8 Å². The quantitative estimate of drug-likeness (QED) is 0.271. The predicted octanol–water partition coefficient (Wildman–Crippen LogP) is 4.63. The molecule has 0 heterocycles. The summed E-state index contributed by atoms with van der Waals surface area (Å²) in [6, 6.07) is 3.63. The Hall–Kier alpha value is -3.14. The lowest BCUT2D eigenvalue weighted by molar-refractivity contribution is -0.152. The Balaban J connectivity index is 2.81. The zero-order chi connectivity index (χ0) is 28.0. The zero-order valence-corrected chi connectivity index (χ0v) is 22.8. The number of ether oxygens (including phenoxy) is 5. The molecule has 0 unspecified atom stereocenters. The molecule has 0 aliphatic carbocycles. The Kier molecular flexibility index (Phi) is 13.7. The summed E-state index contributed by atoms with van der Waals surface area (Å²) >= 11 is 0. The third-order valence-corrected chi connectivity index (χ3v) is 4.83. The van der Waals surface area contributed by atoms with Crippen LogP contribution < -0.4 is 15.2 Å². The molecule has 0 aliphatic heterocycles. The lowest BCUT2D eigenvalue weighted by Crippen LogP contribution is -2.37. The molecule has 0 amide bonds. The van der Waals surface area contributed by atoms with Crippen molar-refractivity contribution in [2.75, 3.05) is 6.61 Å². The molecule has 2 atom stereocenters. The van der Waals surface area contributed by atoms with Crippen LogP contribution in [-0.2, 0) is 35.0 Å². The molecule has 0 aliphatic rings. The van der Waals surface area contributed by atoms with Gasteiger partial charge in [-0.05, 0) is 64.7 Å². The molecule has 0 radical (unpaired) electrons. The van der Waals surface area contributed by atoms with Crippen LogP contribution in [0.15, 0.2) is 18.2 Å². The summed E-state index contributed by atoms with van der Waals surface area (Å²) in [5.41, 5.74) is 5.90. The lowest BCUT2D eigenvalue weighted by Gasteiger charge is -2.20. The molecule has 0 saturated heterocycles. The predicted molar refractivity (Wildman–Crippen MR) is 136 cm³/mol. The van der Waals surface area contributed by atoms with Crippen molar-refractivity contribution < 1.29 is 42.9 Å². The van der Waals surface area contributed by atoms with Crippen molar-refractivity contribution >= 4 is 24.1 Å². The first kappa shape index (κ1) is 31.9. The first-order chi connectivity index (χ1) is 17.3. The number of unbranched alkanes of at least 4 members (excludes halogenated alkanes) is 2. The van der Waals surface area contributed by atoms with Gasteiger partial charge in [0.25, 0.3) is 0 Å². The molecular formula is C27H41NO9. The van der Waals surface area contributed by atoms with Crippen LogP contribution in [0.5, 0.6) is 11.5 Å². The minimum atomic E-state index is -1.04. The average Bonchev–Trinajstić information content (AvgIpc) is 2.80. The van der Waals surface area contributed by atoms with Crippen LogP contribution in [0.3, 0.4) is 0 Å². The summed E-state index contributed by atoms with van der Waals surface area (Å²) < 4.78 is 26.1. The highest BCUT2D eigenvalue weighted by molar-refractivity contribution is 5.77. The number of hydrogen-bond donors (Lipinski definition) is 1. The molecule has 1 rings (SSSR count). The number of hydrogen-bond acceptors (Lipinski definition) is 10. The van der Waals surface area contributed by atoms with E-state index >= 15 is 0 Å². The molecule has 10 heteroatoms. The second kappa shape index (κ2) is 15.9. The molecule has 1 aromatic carbocycles.